The third kappa shape index (κ3) is 4.32. The van der Waals surface area contributed by atoms with E-state index < -0.39 is 0 Å². The molecule has 0 aromatic heterocycles. The Balaban J connectivity index is 1.93. The molecule has 0 spiro atoms. The normalized spacial score (nSPS) is 17.4. The monoisotopic (exact) mass is 353 g/mol. The molecule has 0 N–H and O–H groups in total. The van der Waals surface area contributed by atoms with E-state index in [1.807, 2.05) is 43.3 Å². The lowest BCUT2D eigenvalue weighted by Crippen LogP contribution is -2.32. The van der Waals surface area contributed by atoms with Gasteiger partial charge in [0.1, 0.15) is 0 Å². The molecule has 2 aromatic carbocycles. The number of likely N-dealkylation sites (tertiary alicyclic amines) is 1. The second-order valence-corrected chi connectivity index (χ2v) is 6.68. The number of ether oxygens (including phenoxy) is 2. The number of nitrogens with zero attached hydrogens (tertiary/aromatic N) is 1. The lowest BCUT2D eigenvalue weighted by Gasteiger charge is -2.25. The maximum absolute atomic E-state index is 12.2. The van der Waals surface area contributed by atoms with Crippen molar-refractivity contribution in [2.24, 2.45) is 0 Å². The number of carbonyl (C=O) groups is 1. The third-order valence-corrected chi connectivity index (χ3v) is 4.93. The molecule has 0 aliphatic carbocycles. The molecule has 0 bridgehead atoms. The second-order valence-electron chi connectivity index (χ2n) is 6.68. The van der Waals surface area contributed by atoms with Crippen LogP contribution in [0.5, 0.6) is 0 Å². The van der Waals surface area contributed by atoms with Gasteiger partial charge in [0.05, 0.1) is 18.8 Å². The van der Waals surface area contributed by atoms with Crippen LogP contribution in [0.1, 0.15) is 35.7 Å². The fraction of sp³-hybridized carbons (Fsp3) is 0.409. The van der Waals surface area contributed by atoms with Crippen molar-refractivity contribution in [2.45, 2.75) is 32.4 Å². The van der Waals surface area contributed by atoms with Gasteiger partial charge in [-0.3, -0.25) is 4.90 Å². The van der Waals surface area contributed by atoms with E-state index in [2.05, 4.69) is 17.0 Å². The van der Waals surface area contributed by atoms with Crippen LogP contribution in [0.4, 0.5) is 0 Å². The topological polar surface area (TPSA) is 38.8 Å². The SMILES string of the molecule is CCOC(=O)c1ccc(-c2ccccc2)c(CN2CCC[C@H]2COC)c1. The second kappa shape index (κ2) is 8.97. The van der Waals surface area contributed by atoms with E-state index in [4.69, 9.17) is 9.47 Å². The molecule has 0 amide bonds. The average molecular weight is 353 g/mol. The first-order chi connectivity index (χ1) is 12.7. The predicted octanol–water partition coefficient (Wildman–Crippen LogP) is 4.14. The highest BCUT2D eigenvalue weighted by Crippen LogP contribution is 2.29. The fourth-order valence-electron chi connectivity index (χ4n) is 3.67. The Kier molecular flexibility index (Phi) is 6.42. The van der Waals surface area contributed by atoms with Crippen molar-refractivity contribution in [1.82, 2.24) is 4.90 Å². The van der Waals surface area contributed by atoms with E-state index >= 15 is 0 Å². The Hall–Kier alpha value is -2.17. The van der Waals surface area contributed by atoms with Crippen molar-refractivity contribution in [3.8, 4) is 11.1 Å². The number of methoxy groups -OCH3 is 1. The molecule has 138 valence electrons. The number of benzene rings is 2. The van der Waals surface area contributed by atoms with E-state index in [9.17, 15) is 4.79 Å². The smallest absolute Gasteiger partial charge is 0.338 e. The maximum atomic E-state index is 12.2. The zero-order valence-electron chi connectivity index (χ0n) is 15.6. The van der Waals surface area contributed by atoms with Gasteiger partial charge in [0.2, 0.25) is 0 Å². The predicted molar refractivity (Wildman–Crippen MR) is 103 cm³/mol. The minimum absolute atomic E-state index is 0.261. The van der Waals surface area contributed by atoms with Crippen LogP contribution in [0.25, 0.3) is 11.1 Å². The summed E-state index contributed by atoms with van der Waals surface area (Å²) in [6, 6.07) is 16.7. The van der Waals surface area contributed by atoms with Gasteiger partial charge in [-0.25, -0.2) is 4.79 Å². The zero-order valence-corrected chi connectivity index (χ0v) is 15.6. The molecule has 1 fully saturated rings. The molecule has 0 unspecified atom stereocenters. The molecule has 1 aliphatic rings. The highest BCUT2D eigenvalue weighted by Gasteiger charge is 2.25. The van der Waals surface area contributed by atoms with Gasteiger partial charge in [-0.2, -0.15) is 0 Å². The molecule has 1 heterocycles. The molecule has 4 heteroatoms. The van der Waals surface area contributed by atoms with Crippen LogP contribution in [0.2, 0.25) is 0 Å². The van der Waals surface area contributed by atoms with Crippen LogP contribution < -0.4 is 0 Å². The molecular weight excluding hydrogens is 326 g/mol. The van der Waals surface area contributed by atoms with Crippen molar-refractivity contribution >= 4 is 5.97 Å². The maximum Gasteiger partial charge on any atom is 0.338 e. The number of esters is 1. The summed E-state index contributed by atoms with van der Waals surface area (Å²) >= 11 is 0. The number of hydrogen-bond donors (Lipinski definition) is 0. The number of carbonyl (C=O) groups excluding carboxylic acids is 1. The average Bonchev–Trinajstić information content (AvgIpc) is 3.10. The van der Waals surface area contributed by atoms with Crippen LogP contribution in [0, 0.1) is 0 Å². The number of hydrogen-bond acceptors (Lipinski definition) is 4. The van der Waals surface area contributed by atoms with Crippen LogP contribution >= 0.6 is 0 Å². The Bertz CT molecular complexity index is 729. The molecule has 26 heavy (non-hydrogen) atoms. The van der Waals surface area contributed by atoms with E-state index in [1.165, 1.54) is 17.5 Å². The van der Waals surface area contributed by atoms with E-state index in [1.54, 1.807) is 7.11 Å². The van der Waals surface area contributed by atoms with E-state index in [0.29, 0.717) is 18.2 Å². The minimum Gasteiger partial charge on any atom is -0.462 e. The van der Waals surface area contributed by atoms with Crippen LogP contribution in [0.3, 0.4) is 0 Å². The molecule has 3 rings (SSSR count). The van der Waals surface area contributed by atoms with E-state index in [0.717, 1.165) is 31.7 Å². The van der Waals surface area contributed by atoms with Crippen molar-refractivity contribution in [2.75, 3.05) is 26.9 Å². The first-order valence-corrected chi connectivity index (χ1v) is 9.31. The summed E-state index contributed by atoms with van der Waals surface area (Å²) < 4.78 is 10.6. The van der Waals surface area contributed by atoms with Gasteiger partial charge in [-0.15, -0.1) is 0 Å². The van der Waals surface area contributed by atoms with Crippen molar-refractivity contribution in [1.29, 1.82) is 0 Å². The van der Waals surface area contributed by atoms with Gasteiger partial charge < -0.3 is 9.47 Å². The summed E-state index contributed by atoms with van der Waals surface area (Å²) in [4.78, 5) is 14.7. The molecule has 1 aliphatic heterocycles. The highest BCUT2D eigenvalue weighted by atomic mass is 16.5. The largest absolute Gasteiger partial charge is 0.462 e. The summed E-state index contributed by atoms with van der Waals surface area (Å²) in [5.74, 6) is -0.261. The highest BCUT2D eigenvalue weighted by molar-refractivity contribution is 5.90. The molecule has 4 nitrogen and oxygen atoms in total. The molecule has 1 atom stereocenters. The quantitative estimate of drug-likeness (QED) is 0.701. The van der Waals surface area contributed by atoms with Crippen LogP contribution in [0.15, 0.2) is 48.5 Å². The summed E-state index contributed by atoms with van der Waals surface area (Å²) in [5, 5.41) is 0. The third-order valence-electron chi connectivity index (χ3n) is 4.93. The Morgan fingerprint density at radius 2 is 2.00 bits per heavy atom. The lowest BCUT2D eigenvalue weighted by molar-refractivity contribution is 0.0526. The van der Waals surface area contributed by atoms with Gasteiger partial charge in [-0.05, 0) is 55.1 Å². The zero-order chi connectivity index (χ0) is 18.4. The first kappa shape index (κ1) is 18.6. The molecule has 1 saturated heterocycles. The minimum atomic E-state index is -0.261. The first-order valence-electron chi connectivity index (χ1n) is 9.31. The molecule has 0 saturated carbocycles. The van der Waals surface area contributed by atoms with Gasteiger partial charge >= 0.3 is 5.97 Å². The standard InChI is InChI=1S/C22H27NO3/c1-3-26-22(24)18-11-12-21(17-8-5-4-6-9-17)19(14-18)15-23-13-7-10-20(23)16-25-2/h4-6,8-9,11-12,14,20H,3,7,10,13,15-16H2,1-2H3/t20-/m0/s1. The van der Waals surface area contributed by atoms with Crippen molar-refractivity contribution in [3.63, 3.8) is 0 Å². The lowest BCUT2D eigenvalue weighted by atomic mass is 9.97. The van der Waals surface area contributed by atoms with Crippen molar-refractivity contribution < 1.29 is 14.3 Å². The summed E-state index contributed by atoms with van der Waals surface area (Å²) in [6.45, 7) is 4.84. The summed E-state index contributed by atoms with van der Waals surface area (Å²) in [5.41, 5.74) is 4.11. The van der Waals surface area contributed by atoms with Crippen molar-refractivity contribution in [3.05, 3.63) is 59.7 Å². The Morgan fingerprint density at radius 3 is 2.73 bits per heavy atom. The van der Waals surface area contributed by atoms with Gasteiger partial charge in [-0.1, -0.05) is 36.4 Å². The summed E-state index contributed by atoms with van der Waals surface area (Å²) in [7, 11) is 1.76. The van der Waals surface area contributed by atoms with E-state index in [-0.39, 0.29) is 5.97 Å². The molecule has 2 aromatic rings. The number of rotatable bonds is 7. The molecule has 0 radical (unpaired) electrons. The Morgan fingerprint density at radius 1 is 1.19 bits per heavy atom. The van der Waals surface area contributed by atoms with Crippen LogP contribution in [-0.4, -0.2) is 43.8 Å². The van der Waals surface area contributed by atoms with Crippen LogP contribution in [-0.2, 0) is 16.0 Å². The van der Waals surface area contributed by atoms with Gasteiger partial charge in [0.25, 0.3) is 0 Å². The van der Waals surface area contributed by atoms with Gasteiger partial charge in [0, 0.05) is 19.7 Å². The molecular formula is C22H27NO3. The Labute approximate surface area is 155 Å². The fourth-order valence-corrected chi connectivity index (χ4v) is 3.67. The summed E-state index contributed by atoms with van der Waals surface area (Å²) in [6.07, 6.45) is 2.35. The van der Waals surface area contributed by atoms with Gasteiger partial charge in [0.15, 0.2) is 0 Å².